The van der Waals surface area contributed by atoms with Crippen LogP contribution in [0.3, 0.4) is 0 Å². The number of hydrogen-bond acceptors (Lipinski definition) is 3. The van der Waals surface area contributed by atoms with Gasteiger partial charge in [-0.25, -0.2) is 4.79 Å². The van der Waals surface area contributed by atoms with E-state index in [1.807, 2.05) is 6.07 Å². The molecule has 0 unspecified atom stereocenters. The highest BCUT2D eigenvalue weighted by atomic mass is 35.5. The van der Waals surface area contributed by atoms with Gasteiger partial charge in [-0.1, -0.05) is 29.8 Å². The summed E-state index contributed by atoms with van der Waals surface area (Å²) in [5.74, 6) is -0.533. The zero-order chi connectivity index (χ0) is 23.1. The molecular formula is C22H17ClF3N3O2S. The van der Waals surface area contributed by atoms with E-state index >= 15 is 0 Å². The standard InChI is InChI=1S/C22H17ClF3N3O2S/c23-18-11-6-14(22(24,25)26)12-19(18)29-20(30)13-32-17-9-7-16(8-10-17)28-21(31)27-15-4-2-1-3-5-15/h1-12H,13H2,(H,29,30)(H2,27,28,31). The van der Waals surface area contributed by atoms with Crippen molar-refractivity contribution < 1.29 is 22.8 Å². The second-order valence-corrected chi connectivity index (χ2v) is 7.95. The number of para-hydroxylation sites is 1. The van der Waals surface area contributed by atoms with Crippen molar-refractivity contribution in [3.8, 4) is 0 Å². The summed E-state index contributed by atoms with van der Waals surface area (Å²) in [6, 6.07) is 18.1. The third kappa shape index (κ3) is 6.93. The maximum Gasteiger partial charge on any atom is 0.416 e. The number of hydrogen-bond donors (Lipinski definition) is 3. The number of amides is 3. The molecule has 0 spiro atoms. The Morgan fingerprint density at radius 1 is 0.844 bits per heavy atom. The van der Waals surface area contributed by atoms with Gasteiger partial charge in [-0.3, -0.25) is 4.79 Å². The summed E-state index contributed by atoms with van der Waals surface area (Å²) in [4.78, 5) is 24.9. The largest absolute Gasteiger partial charge is 0.416 e. The lowest BCUT2D eigenvalue weighted by molar-refractivity contribution is -0.137. The first-order valence-corrected chi connectivity index (χ1v) is 10.6. The molecule has 0 atom stereocenters. The maximum absolute atomic E-state index is 12.8. The fraction of sp³-hybridized carbons (Fsp3) is 0.0909. The molecule has 0 radical (unpaired) electrons. The van der Waals surface area contributed by atoms with Crippen LogP contribution in [0.1, 0.15) is 5.56 Å². The summed E-state index contributed by atoms with van der Waals surface area (Å²) in [6.07, 6.45) is -4.54. The average Bonchev–Trinajstić information content (AvgIpc) is 2.74. The molecule has 3 aromatic carbocycles. The van der Waals surface area contributed by atoms with E-state index in [0.717, 1.165) is 23.1 Å². The Morgan fingerprint density at radius 3 is 2.09 bits per heavy atom. The zero-order valence-electron chi connectivity index (χ0n) is 16.4. The van der Waals surface area contributed by atoms with Crippen LogP contribution >= 0.6 is 23.4 Å². The van der Waals surface area contributed by atoms with Crippen molar-refractivity contribution in [1.29, 1.82) is 0 Å². The fourth-order valence-electron chi connectivity index (χ4n) is 2.58. The lowest BCUT2D eigenvalue weighted by atomic mass is 10.2. The lowest BCUT2D eigenvalue weighted by Crippen LogP contribution is -2.19. The molecule has 0 aliphatic heterocycles. The second-order valence-electron chi connectivity index (χ2n) is 6.50. The molecule has 0 fully saturated rings. The summed E-state index contributed by atoms with van der Waals surface area (Å²) < 4.78 is 38.5. The lowest BCUT2D eigenvalue weighted by Gasteiger charge is -2.12. The van der Waals surface area contributed by atoms with E-state index in [1.165, 1.54) is 11.8 Å². The molecule has 3 aromatic rings. The molecule has 5 nitrogen and oxygen atoms in total. The van der Waals surface area contributed by atoms with Crippen molar-refractivity contribution >= 4 is 52.4 Å². The van der Waals surface area contributed by atoms with E-state index in [0.29, 0.717) is 11.4 Å². The third-order valence-electron chi connectivity index (χ3n) is 4.08. The molecule has 0 saturated carbocycles. The van der Waals surface area contributed by atoms with Gasteiger partial charge in [-0.05, 0) is 54.6 Å². The number of nitrogens with one attached hydrogen (secondary N) is 3. The predicted molar refractivity (Wildman–Crippen MR) is 121 cm³/mol. The van der Waals surface area contributed by atoms with Gasteiger partial charge in [0.1, 0.15) is 0 Å². The molecule has 3 amide bonds. The summed E-state index contributed by atoms with van der Waals surface area (Å²) >= 11 is 7.08. The Labute approximate surface area is 191 Å². The van der Waals surface area contributed by atoms with E-state index in [2.05, 4.69) is 16.0 Å². The monoisotopic (exact) mass is 479 g/mol. The molecule has 3 rings (SSSR count). The number of rotatable bonds is 6. The van der Waals surface area contributed by atoms with Gasteiger partial charge in [0.05, 0.1) is 22.0 Å². The van der Waals surface area contributed by atoms with E-state index < -0.39 is 23.7 Å². The Kier molecular flexibility index (Phi) is 7.66. The molecule has 0 aliphatic carbocycles. The van der Waals surface area contributed by atoms with Gasteiger partial charge in [-0.2, -0.15) is 13.2 Å². The predicted octanol–water partition coefficient (Wildman–Crippen LogP) is 6.73. The van der Waals surface area contributed by atoms with Crippen LogP contribution in [-0.2, 0) is 11.0 Å². The Balaban J connectivity index is 1.51. The van der Waals surface area contributed by atoms with Crippen molar-refractivity contribution in [3.05, 3.63) is 83.4 Å². The first-order valence-electron chi connectivity index (χ1n) is 9.23. The zero-order valence-corrected chi connectivity index (χ0v) is 17.9. The highest BCUT2D eigenvalue weighted by Crippen LogP contribution is 2.34. The number of thioether (sulfide) groups is 1. The van der Waals surface area contributed by atoms with Gasteiger partial charge >= 0.3 is 12.2 Å². The molecule has 0 aliphatic rings. The maximum atomic E-state index is 12.8. The van der Waals surface area contributed by atoms with E-state index in [4.69, 9.17) is 11.6 Å². The average molecular weight is 480 g/mol. The second kappa shape index (κ2) is 10.4. The molecule has 0 bridgehead atoms. The summed E-state index contributed by atoms with van der Waals surface area (Å²) in [7, 11) is 0. The topological polar surface area (TPSA) is 70.2 Å². The Morgan fingerprint density at radius 2 is 1.47 bits per heavy atom. The number of carbonyl (C=O) groups excluding carboxylic acids is 2. The minimum Gasteiger partial charge on any atom is -0.324 e. The molecule has 0 saturated heterocycles. The highest BCUT2D eigenvalue weighted by Gasteiger charge is 2.31. The van der Waals surface area contributed by atoms with Crippen LogP contribution in [0, 0.1) is 0 Å². The number of alkyl halides is 3. The van der Waals surface area contributed by atoms with Crippen LogP contribution in [0.5, 0.6) is 0 Å². The van der Waals surface area contributed by atoms with Gasteiger partial charge in [0.2, 0.25) is 5.91 Å². The molecule has 0 heterocycles. The molecule has 0 aromatic heterocycles. The number of halogens is 4. The smallest absolute Gasteiger partial charge is 0.324 e. The highest BCUT2D eigenvalue weighted by molar-refractivity contribution is 8.00. The van der Waals surface area contributed by atoms with Crippen molar-refractivity contribution in [1.82, 2.24) is 0 Å². The molecule has 10 heteroatoms. The van der Waals surface area contributed by atoms with Gasteiger partial charge in [0, 0.05) is 16.3 Å². The van der Waals surface area contributed by atoms with Crippen molar-refractivity contribution in [2.45, 2.75) is 11.1 Å². The third-order valence-corrected chi connectivity index (χ3v) is 5.42. The number of benzene rings is 3. The van der Waals surface area contributed by atoms with Crippen LogP contribution in [0.4, 0.5) is 35.0 Å². The van der Waals surface area contributed by atoms with Gasteiger partial charge < -0.3 is 16.0 Å². The number of anilines is 3. The quantitative estimate of drug-likeness (QED) is 0.343. The van der Waals surface area contributed by atoms with Crippen LogP contribution in [0.25, 0.3) is 0 Å². The van der Waals surface area contributed by atoms with Crippen LogP contribution in [0.15, 0.2) is 77.7 Å². The molecule has 32 heavy (non-hydrogen) atoms. The Hall–Kier alpha value is -3.17. The molecule has 166 valence electrons. The van der Waals surface area contributed by atoms with E-state index in [1.54, 1.807) is 48.5 Å². The summed E-state index contributed by atoms with van der Waals surface area (Å²) in [5, 5.41) is 7.80. The van der Waals surface area contributed by atoms with E-state index in [-0.39, 0.29) is 16.5 Å². The fourth-order valence-corrected chi connectivity index (χ4v) is 3.45. The first kappa shape index (κ1) is 23.5. The van der Waals surface area contributed by atoms with Crippen molar-refractivity contribution in [3.63, 3.8) is 0 Å². The number of urea groups is 1. The van der Waals surface area contributed by atoms with E-state index in [9.17, 15) is 22.8 Å². The molecule has 3 N–H and O–H groups in total. The van der Waals surface area contributed by atoms with Crippen LogP contribution < -0.4 is 16.0 Å². The Bertz CT molecular complexity index is 1090. The van der Waals surface area contributed by atoms with Gasteiger partial charge in [0.15, 0.2) is 0 Å². The normalized spacial score (nSPS) is 11.0. The minimum atomic E-state index is -4.54. The molecular weight excluding hydrogens is 463 g/mol. The number of carbonyl (C=O) groups is 2. The van der Waals surface area contributed by atoms with Crippen molar-refractivity contribution in [2.24, 2.45) is 0 Å². The van der Waals surface area contributed by atoms with Crippen LogP contribution in [0.2, 0.25) is 5.02 Å². The first-order chi connectivity index (χ1) is 15.2. The SMILES string of the molecule is O=C(CSc1ccc(NC(=O)Nc2ccccc2)cc1)Nc1cc(C(F)(F)F)ccc1Cl. The summed E-state index contributed by atoms with van der Waals surface area (Å²) in [5.41, 5.74) is 0.215. The summed E-state index contributed by atoms with van der Waals surface area (Å²) in [6.45, 7) is 0. The van der Waals surface area contributed by atoms with Crippen molar-refractivity contribution in [2.75, 3.05) is 21.7 Å². The van der Waals surface area contributed by atoms with Crippen LogP contribution in [-0.4, -0.2) is 17.7 Å². The van der Waals surface area contributed by atoms with Gasteiger partial charge in [0.25, 0.3) is 0 Å². The minimum absolute atomic E-state index is 0.0144. The van der Waals surface area contributed by atoms with Gasteiger partial charge in [-0.15, -0.1) is 11.8 Å².